The number of piperidine rings is 1. The highest BCUT2D eigenvalue weighted by Gasteiger charge is 2.37. The Bertz CT molecular complexity index is 1570. The molecule has 44 heavy (non-hydrogen) atoms. The van der Waals surface area contributed by atoms with Gasteiger partial charge in [-0.25, -0.2) is 8.42 Å². The van der Waals surface area contributed by atoms with Crippen molar-refractivity contribution >= 4 is 38.7 Å². The molecular formula is C34H42ClN3O5S. The molecule has 10 heteroatoms. The molecule has 3 atom stereocenters. The fourth-order valence-corrected chi connectivity index (χ4v) is 8.25. The normalized spacial score (nSPS) is 18.8. The van der Waals surface area contributed by atoms with E-state index in [1.165, 1.54) is 6.26 Å². The monoisotopic (exact) mass is 639 g/mol. The van der Waals surface area contributed by atoms with Crippen molar-refractivity contribution < 1.29 is 22.7 Å². The van der Waals surface area contributed by atoms with Crippen molar-refractivity contribution in [2.45, 2.75) is 57.1 Å². The molecule has 0 bridgehead atoms. The summed E-state index contributed by atoms with van der Waals surface area (Å²) in [5.74, 6) is 1.21. The quantitative estimate of drug-likeness (QED) is 0.291. The first-order chi connectivity index (χ1) is 21.0. The number of ether oxygens (including phenoxy) is 2. The maximum absolute atomic E-state index is 13.9. The van der Waals surface area contributed by atoms with Crippen molar-refractivity contribution in [3.8, 4) is 11.5 Å². The van der Waals surface area contributed by atoms with E-state index in [1.54, 1.807) is 7.11 Å². The number of amides is 1. The first-order valence-electron chi connectivity index (χ1n) is 15.2. The smallest absolute Gasteiger partial charge is 0.232 e. The molecule has 2 heterocycles. The summed E-state index contributed by atoms with van der Waals surface area (Å²) in [6.07, 6.45) is 3.95. The molecule has 8 nitrogen and oxygen atoms in total. The summed E-state index contributed by atoms with van der Waals surface area (Å²) in [5.41, 5.74) is 4.25. The molecule has 1 saturated heterocycles. The summed E-state index contributed by atoms with van der Waals surface area (Å²) >= 11 is 6.26. The summed E-state index contributed by atoms with van der Waals surface area (Å²) in [6, 6.07) is 18.6. The highest BCUT2D eigenvalue weighted by molar-refractivity contribution is 7.91. The average molecular weight is 640 g/mol. The van der Waals surface area contributed by atoms with Gasteiger partial charge in [0.25, 0.3) is 0 Å². The molecule has 5 rings (SSSR count). The van der Waals surface area contributed by atoms with Crippen LogP contribution >= 0.6 is 11.6 Å². The third-order valence-corrected chi connectivity index (χ3v) is 10.7. The minimum absolute atomic E-state index is 0.0116. The molecule has 0 aromatic heterocycles. The number of carbonyl (C=O) groups is 1. The predicted octanol–water partition coefficient (Wildman–Crippen LogP) is 6.01. The third-order valence-electron chi connectivity index (χ3n) is 8.82. The van der Waals surface area contributed by atoms with Gasteiger partial charge < -0.3 is 24.6 Å². The lowest BCUT2D eigenvalue weighted by molar-refractivity contribution is -0.118. The Balaban J connectivity index is 1.55. The van der Waals surface area contributed by atoms with Crippen LogP contribution in [0.5, 0.6) is 11.5 Å². The van der Waals surface area contributed by atoms with E-state index in [4.69, 9.17) is 21.1 Å². The van der Waals surface area contributed by atoms with Gasteiger partial charge in [0.1, 0.15) is 5.37 Å². The average Bonchev–Trinajstić information content (AvgIpc) is 3.00. The predicted molar refractivity (Wildman–Crippen MR) is 177 cm³/mol. The van der Waals surface area contributed by atoms with E-state index in [0.29, 0.717) is 16.5 Å². The minimum Gasteiger partial charge on any atom is -0.493 e. The number of hydrogen-bond donors (Lipinski definition) is 1. The molecule has 2 aliphatic rings. The summed E-state index contributed by atoms with van der Waals surface area (Å²) in [6.45, 7) is 5.70. The second kappa shape index (κ2) is 13.4. The molecule has 3 unspecified atom stereocenters. The molecule has 236 valence electrons. The van der Waals surface area contributed by atoms with Gasteiger partial charge in [-0.1, -0.05) is 30.7 Å². The van der Waals surface area contributed by atoms with Gasteiger partial charge >= 0.3 is 0 Å². The van der Waals surface area contributed by atoms with Crippen molar-refractivity contribution in [3.05, 3.63) is 82.4 Å². The lowest BCUT2D eigenvalue weighted by Crippen LogP contribution is -2.47. The van der Waals surface area contributed by atoms with E-state index in [9.17, 15) is 13.2 Å². The Morgan fingerprint density at radius 1 is 1.05 bits per heavy atom. The number of sulfone groups is 1. The summed E-state index contributed by atoms with van der Waals surface area (Å²) < 4.78 is 37.8. The zero-order chi connectivity index (χ0) is 31.6. The Kier molecular flexibility index (Phi) is 9.77. The van der Waals surface area contributed by atoms with Gasteiger partial charge in [0.05, 0.1) is 25.7 Å². The van der Waals surface area contributed by atoms with E-state index in [2.05, 4.69) is 12.2 Å². The molecule has 0 saturated carbocycles. The fraction of sp³-hybridized carbons (Fsp3) is 0.441. The molecule has 0 radical (unpaired) electrons. The highest BCUT2D eigenvalue weighted by Crippen LogP contribution is 2.44. The number of nitrogens with zero attached hydrogens (tertiary/aromatic N) is 2. The number of methoxy groups -OCH3 is 1. The number of rotatable bonds is 10. The van der Waals surface area contributed by atoms with Crippen molar-refractivity contribution in [1.29, 1.82) is 0 Å². The van der Waals surface area contributed by atoms with E-state index in [1.807, 2.05) is 84.4 Å². The molecule has 1 fully saturated rings. The van der Waals surface area contributed by atoms with Crippen LogP contribution in [-0.4, -0.2) is 59.3 Å². The molecule has 0 aliphatic carbocycles. The summed E-state index contributed by atoms with van der Waals surface area (Å²) in [4.78, 5) is 17.6. The zero-order valence-corrected chi connectivity index (χ0v) is 27.6. The second-order valence-corrected chi connectivity index (χ2v) is 14.4. The largest absolute Gasteiger partial charge is 0.493 e. The van der Waals surface area contributed by atoms with E-state index in [-0.39, 0.29) is 24.3 Å². The molecular weight excluding hydrogens is 598 g/mol. The van der Waals surface area contributed by atoms with Crippen LogP contribution in [0.1, 0.15) is 55.8 Å². The lowest BCUT2D eigenvalue weighted by Gasteiger charge is -2.39. The van der Waals surface area contributed by atoms with Crippen LogP contribution < -0.4 is 24.6 Å². The number of nitrogens with one attached hydrogen (secondary N) is 1. The number of anilines is 2. The zero-order valence-electron chi connectivity index (χ0n) is 26.0. The van der Waals surface area contributed by atoms with Crippen LogP contribution in [0.25, 0.3) is 0 Å². The van der Waals surface area contributed by atoms with Crippen LogP contribution in [0.15, 0.2) is 60.7 Å². The standard InChI is InChI=1S/C34H42ClN3O5S/c1-6-22(2)43-31-21-29-25(19-30(31)42-4)20-32(39)38(33(29)23-7-9-26(35)10-8-23)28-13-11-27(12-14-28)37(3)34(44(5,40)41)24-15-17-36-18-16-24/h7-14,19,21-22,24,33-34,36H,6,15-18,20H2,1-5H3. The van der Waals surface area contributed by atoms with Crippen molar-refractivity contribution in [1.82, 2.24) is 5.32 Å². The Labute approximate surface area is 266 Å². The van der Waals surface area contributed by atoms with E-state index >= 15 is 0 Å². The Morgan fingerprint density at radius 2 is 1.70 bits per heavy atom. The fourth-order valence-electron chi connectivity index (χ4n) is 6.45. The summed E-state index contributed by atoms with van der Waals surface area (Å²) in [7, 11) is 0.0961. The SMILES string of the molecule is CCC(C)Oc1cc2c(cc1OC)CC(=O)N(c1ccc(N(C)C(C3CCNCC3)S(C)(=O)=O)cc1)C2c1ccc(Cl)cc1. The number of halogens is 1. The number of benzene rings is 3. The van der Waals surface area contributed by atoms with Gasteiger partial charge in [-0.15, -0.1) is 0 Å². The molecule has 0 spiro atoms. The van der Waals surface area contributed by atoms with E-state index in [0.717, 1.165) is 60.4 Å². The number of hydrogen-bond acceptors (Lipinski definition) is 7. The maximum Gasteiger partial charge on any atom is 0.232 e. The minimum atomic E-state index is -3.35. The first kappa shape index (κ1) is 32.1. The highest BCUT2D eigenvalue weighted by atomic mass is 35.5. The second-order valence-electron chi connectivity index (χ2n) is 11.9. The van der Waals surface area contributed by atoms with Crippen molar-refractivity contribution in [2.75, 3.05) is 43.3 Å². The number of fused-ring (bicyclic) bond motifs is 1. The Hall–Kier alpha value is -3.27. The van der Waals surface area contributed by atoms with Gasteiger partial charge in [-0.3, -0.25) is 4.79 Å². The van der Waals surface area contributed by atoms with Crippen molar-refractivity contribution in [2.24, 2.45) is 5.92 Å². The molecule has 2 aliphatic heterocycles. The van der Waals surface area contributed by atoms with Gasteiger partial charge in [0.15, 0.2) is 21.3 Å². The van der Waals surface area contributed by atoms with Crippen LogP contribution in [-0.2, 0) is 21.1 Å². The molecule has 1 N–H and O–H groups in total. The van der Waals surface area contributed by atoms with Crippen LogP contribution in [0.4, 0.5) is 11.4 Å². The van der Waals surface area contributed by atoms with Gasteiger partial charge in [-0.2, -0.15) is 0 Å². The molecule has 3 aromatic rings. The lowest BCUT2D eigenvalue weighted by atomic mass is 9.86. The molecule has 1 amide bonds. The van der Waals surface area contributed by atoms with Crippen LogP contribution in [0.2, 0.25) is 5.02 Å². The van der Waals surface area contributed by atoms with Crippen molar-refractivity contribution in [3.63, 3.8) is 0 Å². The van der Waals surface area contributed by atoms with Crippen LogP contribution in [0.3, 0.4) is 0 Å². The summed E-state index contributed by atoms with van der Waals surface area (Å²) in [5, 5.41) is 3.31. The Morgan fingerprint density at radius 3 is 2.30 bits per heavy atom. The molecule has 3 aromatic carbocycles. The van der Waals surface area contributed by atoms with Gasteiger partial charge in [0.2, 0.25) is 5.91 Å². The van der Waals surface area contributed by atoms with Gasteiger partial charge in [-0.05, 0) is 110 Å². The maximum atomic E-state index is 13.9. The first-order valence-corrected chi connectivity index (χ1v) is 17.5. The van der Waals surface area contributed by atoms with E-state index < -0.39 is 21.3 Å². The van der Waals surface area contributed by atoms with Crippen LogP contribution in [0, 0.1) is 5.92 Å². The third kappa shape index (κ3) is 6.70. The topological polar surface area (TPSA) is 88.2 Å². The van der Waals surface area contributed by atoms with Gasteiger partial charge in [0, 0.05) is 29.7 Å². The number of carbonyl (C=O) groups excluding carboxylic acids is 1.